The quantitative estimate of drug-likeness (QED) is 0.299. The molecule has 0 spiro atoms. The standard InChI is InChI=1S/C15H20BrN3OS2.HI/c1-3-17-14(18-8-12-4-5-13(16)22-12)19-10-15(2,20)11-6-7-21-9-11;/h4-7,9,20H,3,8,10H2,1-2H3,(H2,17,18,19);1H. The summed E-state index contributed by atoms with van der Waals surface area (Å²) >= 11 is 6.72. The molecule has 23 heavy (non-hydrogen) atoms. The number of aliphatic hydroxyl groups is 1. The molecule has 0 amide bonds. The second-order valence-corrected chi connectivity index (χ2v) is 8.37. The minimum atomic E-state index is -0.915. The summed E-state index contributed by atoms with van der Waals surface area (Å²) in [4.78, 5) is 5.75. The Morgan fingerprint density at radius 3 is 2.70 bits per heavy atom. The minimum absolute atomic E-state index is 0. The fourth-order valence-electron chi connectivity index (χ4n) is 1.86. The Bertz CT molecular complexity index is 614. The van der Waals surface area contributed by atoms with Gasteiger partial charge in [0.15, 0.2) is 5.96 Å². The molecule has 0 fully saturated rings. The number of halogens is 2. The lowest BCUT2D eigenvalue weighted by molar-refractivity contribution is 0.0621. The van der Waals surface area contributed by atoms with Crippen LogP contribution >= 0.6 is 62.6 Å². The van der Waals surface area contributed by atoms with Crippen LogP contribution in [0.15, 0.2) is 37.7 Å². The van der Waals surface area contributed by atoms with Crippen LogP contribution in [0.2, 0.25) is 0 Å². The van der Waals surface area contributed by atoms with Crippen molar-refractivity contribution < 1.29 is 5.11 Å². The predicted molar refractivity (Wildman–Crippen MR) is 114 cm³/mol. The summed E-state index contributed by atoms with van der Waals surface area (Å²) in [6.45, 7) is 5.63. The molecule has 0 radical (unpaired) electrons. The third-order valence-electron chi connectivity index (χ3n) is 3.11. The maximum absolute atomic E-state index is 10.5. The number of thiophene rings is 2. The van der Waals surface area contributed by atoms with E-state index in [0.29, 0.717) is 19.0 Å². The van der Waals surface area contributed by atoms with Crippen LogP contribution in [-0.2, 0) is 12.1 Å². The van der Waals surface area contributed by atoms with Crippen molar-refractivity contribution in [1.82, 2.24) is 10.6 Å². The molecule has 128 valence electrons. The van der Waals surface area contributed by atoms with Gasteiger partial charge in [-0.25, -0.2) is 4.99 Å². The Morgan fingerprint density at radius 2 is 2.13 bits per heavy atom. The van der Waals surface area contributed by atoms with Crippen LogP contribution in [0.5, 0.6) is 0 Å². The van der Waals surface area contributed by atoms with Gasteiger partial charge in [-0.2, -0.15) is 11.3 Å². The zero-order valence-corrected chi connectivity index (χ0v) is 18.6. The molecule has 1 atom stereocenters. The van der Waals surface area contributed by atoms with Gasteiger partial charge in [-0.1, -0.05) is 0 Å². The average molecular weight is 530 g/mol. The van der Waals surface area contributed by atoms with Gasteiger partial charge in [0.25, 0.3) is 0 Å². The van der Waals surface area contributed by atoms with Gasteiger partial charge in [-0.3, -0.25) is 0 Å². The van der Waals surface area contributed by atoms with E-state index in [9.17, 15) is 5.11 Å². The highest BCUT2D eigenvalue weighted by atomic mass is 127. The summed E-state index contributed by atoms with van der Waals surface area (Å²) < 4.78 is 1.11. The van der Waals surface area contributed by atoms with Crippen molar-refractivity contribution in [2.45, 2.75) is 26.0 Å². The number of hydrogen-bond donors (Lipinski definition) is 3. The van der Waals surface area contributed by atoms with Crippen LogP contribution in [0.1, 0.15) is 24.3 Å². The first-order valence-electron chi connectivity index (χ1n) is 7.02. The molecule has 0 aromatic carbocycles. The van der Waals surface area contributed by atoms with E-state index in [-0.39, 0.29) is 24.0 Å². The van der Waals surface area contributed by atoms with Crippen LogP contribution in [0.4, 0.5) is 0 Å². The summed E-state index contributed by atoms with van der Waals surface area (Å²) in [5.41, 5.74) is 0.00495. The molecule has 8 heteroatoms. The molecule has 3 N–H and O–H groups in total. The third-order valence-corrected chi connectivity index (χ3v) is 5.40. The molecule has 2 aromatic rings. The lowest BCUT2D eigenvalue weighted by Crippen LogP contribution is -2.44. The van der Waals surface area contributed by atoms with Crippen LogP contribution in [-0.4, -0.2) is 24.2 Å². The molecule has 1 unspecified atom stereocenters. The van der Waals surface area contributed by atoms with E-state index in [1.807, 2.05) is 36.7 Å². The van der Waals surface area contributed by atoms with Gasteiger partial charge in [0.2, 0.25) is 0 Å². The minimum Gasteiger partial charge on any atom is -0.384 e. The van der Waals surface area contributed by atoms with Gasteiger partial charge >= 0.3 is 0 Å². The van der Waals surface area contributed by atoms with Crippen LogP contribution in [0.3, 0.4) is 0 Å². The van der Waals surface area contributed by atoms with Gasteiger partial charge in [0, 0.05) is 11.4 Å². The van der Waals surface area contributed by atoms with Crippen molar-refractivity contribution in [3.05, 3.63) is 43.2 Å². The normalized spacial score (nSPS) is 14.0. The smallest absolute Gasteiger partial charge is 0.191 e. The topological polar surface area (TPSA) is 56.7 Å². The Labute approximate surface area is 170 Å². The monoisotopic (exact) mass is 529 g/mol. The highest BCUT2D eigenvalue weighted by Gasteiger charge is 2.23. The van der Waals surface area contributed by atoms with Crippen LogP contribution < -0.4 is 10.6 Å². The fourth-order valence-corrected chi connectivity index (χ4v) is 4.05. The molecule has 0 aliphatic heterocycles. The van der Waals surface area contributed by atoms with E-state index in [2.05, 4.69) is 37.6 Å². The first-order chi connectivity index (χ1) is 10.5. The number of nitrogens with zero attached hydrogens (tertiary/aromatic N) is 1. The Balaban J connectivity index is 0.00000264. The van der Waals surface area contributed by atoms with Crippen LogP contribution in [0.25, 0.3) is 0 Å². The Kier molecular flexibility index (Phi) is 9.06. The lowest BCUT2D eigenvalue weighted by Gasteiger charge is -2.24. The van der Waals surface area contributed by atoms with Crippen molar-refractivity contribution in [1.29, 1.82) is 0 Å². The summed E-state index contributed by atoms with van der Waals surface area (Å²) in [6, 6.07) is 6.03. The number of rotatable bonds is 6. The number of hydrogen-bond acceptors (Lipinski definition) is 4. The van der Waals surface area contributed by atoms with Crippen LogP contribution in [0, 0.1) is 0 Å². The molecule has 2 aromatic heterocycles. The van der Waals surface area contributed by atoms with Gasteiger partial charge in [-0.05, 0) is 64.3 Å². The molecule has 2 heterocycles. The maximum atomic E-state index is 10.5. The van der Waals surface area contributed by atoms with Crippen molar-refractivity contribution in [2.24, 2.45) is 4.99 Å². The third kappa shape index (κ3) is 6.69. The first-order valence-corrected chi connectivity index (χ1v) is 9.58. The molecular weight excluding hydrogens is 509 g/mol. The Hall–Kier alpha value is -0.160. The summed E-state index contributed by atoms with van der Waals surface area (Å²) in [7, 11) is 0. The molecular formula is C15H21BrIN3OS2. The summed E-state index contributed by atoms with van der Waals surface area (Å²) in [5.74, 6) is 0.711. The highest BCUT2D eigenvalue weighted by Crippen LogP contribution is 2.23. The molecule has 0 aliphatic rings. The zero-order valence-electron chi connectivity index (χ0n) is 13.0. The van der Waals surface area contributed by atoms with Gasteiger partial charge < -0.3 is 15.7 Å². The number of nitrogens with one attached hydrogen (secondary N) is 2. The van der Waals surface area contributed by atoms with E-state index in [1.54, 1.807) is 22.7 Å². The SMILES string of the molecule is CCNC(=NCc1ccc(Br)s1)NCC(C)(O)c1ccsc1.I. The second-order valence-electron chi connectivity index (χ2n) is 5.04. The highest BCUT2D eigenvalue weighted by molar-refractivity contribution is 14.0. The Morgan fingerprint density at radius 1 is 1.35 bits per heavy atom. The number of aliphatic imine (C=N–C) groups is 1. The zero-order chi connectivity index (χ0) is 16.0. The van der Waals surface area contributed by atoms with E-state index in [4.69, 9.17) is 0 Å². The summed E-state index contributed by atoms with van der Waals surface area (Å²) in [6.07, 6.45) is 0. The van der Waals surface area contributed by atoms with Crippen molar-refractivity contribution in [3.8, 4) is 0 Å². The van der Waals surface area contributed by atoms with E-state index in [1.165, 1.54) is 4.88 Å². The largest absolute Gasteiger partial charge is 0.384 e. The van der Waals surface area contributed by atoms with Crippen molar-refractivity contribution in [2.75, 3.05) is 13.1 Å². The van der Waals surface area contributed by atoms with Gasteiger partial charge in [0.1, 0.15) is 5.60 Å². The van der Waals surface area contributed by atoms with Crippen molar-refractivity contribution >= 4 is 68.5 Å². The second kappa shape index (κ2) is 9.97. The lowest BCUT2D eigenvalue weighted by atomic mass is 9.99. The summed E-state index contributed by atoms with van der Waals surface area (Å²) in [5, 5.41) is 20.9. The van der Waals surface area contributed by atoms with Gasteiger partial charge in [-0.15, -0.1) is 35.3 Å². The van der Waals surface area contributed by atoms with E-state index >= 15 is 0 Å². The van der Waals surface area contributed by atoms with E-state index < -0.39 is 5.60 Å². The molecule has 0 saturated heterocycles. The van der Waals surface area contributed by atoms with E-state index in [0.717, 1.165) is 15.9 Å². The maximum Gasteiger partial charge on any atom is 0.191 e. The fraction of sp³-hybridized carbons (Fsp3) is 0.400. The predicted octanol–water partition coefficient (Wildman–Crippen LogP) is 4.15. The number of guanidine groups is 1. The van der Waals surface area contributed by atoms with Gasteiger partial charge in [0.05, 0.1) is 16.9 Å². The molecule has 4 nitrogen and oxygen atoms in total. The molecule has 0 aliphatic carbocycles. The first kappa shape index (κ1) is 20.9. The molecule has 0 bridgehead atoms. The van der Waals surface area contributed by atoms with Crippen molar-refractivity contribution in [3.63, 3.8) is 0 Å². The average Bonchev–Trinajstić information content (AvgIpc) is 3.13. The molecule has 0 saturated carbocycles. The molecule has 2 rings (SSSR count).